The largest absolute Gasteiger partial charge is 0.352 e. The number of nitrogens with one attached hydrogen (secondary N) is 2. The van der Waals surface area contributed by atoms with Crippen LogP contribution in [0.1, 0.15) is 65.7 Å². The molecule has 0 aromatic carbocycles. The smallest absolute Gasteiger partial charge is 0.237 e. The van der Waals surface area contributed by atoms with Gasteiger partial charge in [0.15, 0.2) is 0 Å². The molecule has 118 valence electrons. The zero-order chi connectivity index (χ0) is 13.8. The Kier molecular flexibility index (Phi) is 7.32. The third-order valence-electron chi connectivity index (χ3n) is 5.02. The van der Waals surface area contributed by atoms with Crippen LogP contribution in [0.15, 0.2) is 0 Å². The first-order chi connectivity index (χ1) is 9.10. The summed E-state index contributed by atoms with van der Waals surface area (Å²) in [5.41, 5.74) is 0. The Morgan fingerprint density at radius 3 is 2.65 bits per heavy atom. The van der Waals surface area contributed by atoms with E-state index in [0.717, 1.165) is 18.8 Å². The molecule has 1 amide bonds. The minimum Gasteiger partial charge on any atom is -0.352 e. The van der Waals surface area contributed by atoms with Gasteiger partial charge >= 0.3 is 0 Å². The second-order valence-corrected chi connectivity index (χ2v) is 6.76. The topological polar surface area (TPSA) is 41.1 Å². The molecule has 3 nitrogen and oxygen atoms in total. The lowest BCUT2D eigenvalue weighted by molar-refractivity contribution is -0.123. The van der Waals surface area contributed by atoms with E-state index in [2.05, 4.69) is 31.4 Å². The Balaban J connectivity index is 0.00000200. The lowest BCUT2D eigenvalue weighted by Crippen LogP contribution is -2.46. The van der Waals surface area contributed by atoms with Gasteiger partial charge in [-0.2, -0.15) is 0 Å². The zero-order valence-electron chi connectivity index (χ0n) is 13.2. The van der Waals surface area contributed by atoms with Gasteiger partial charge in [0.25, 0.3) is 0 Å². The summed E-state index contributed by atoms with van der Waals surface area (Å²) in [6.45, 7) is 6.60. The highest BCUT2D eigenvalue weighted by molar-refractivity contribution is 5.85. The van der Waals surface area contributed by atoms with Gasteiger partial charge in [-0.05, 0) is 44.4 Å². The van der Waals surface area contributed by atoms with Crippen molar-refractivity contribution in [3.8, 4) is 0 Å². The van der Waals surface area contributed by atoms with Crippen molar-refractivity contribution < 1.29 is 4.79 Å². The highest BCUT2D eigenvalue weighted by Gasteiger charge is 2.38. The SMILES string of the molecule is CCC(C)CC(C)NC(=O)C1CC2CCCCC2N1.Cl. The molecule has 1 aliphatic heterocycles. The lowest BCUT2D eigenvalue weighted by Gasteiger charge is -2.24. The number of hydrogen-bond acceptors (Lipinski definition) is 2. The van der Waals surface area contributed by atoms with E-state index in [4.69, 9.17) is 0 Å². The van der Waals surface area contributed by atoms with E-state index < -0.39 is 0 Å². The average Bonchev–Trinajstić information content (AvgIpc) is 2.82. The number of hydrogen-bond donors (Lipinski definition) is 2. The average molecular weight is 303 g/mol. The van der Waals surface area contributed by atoms with E-state index in [0.29, 0.717) is 18.0 Å². The summed E-state index contributed by atoms with van der Waals surface area (Å²) in [6.07, 6.45) is 8.57. The van der Waals surface area contributed by atoms with Gasteiger partial charge in [-0.15, -0.1) is 12.4 Å². The maximum atomic E-state index is 12.3. The Morgan fingerprint density at radius 1 is 1.30 bits per heavy atom. The van der Waals surface area contributed by atoms with Gasteiger partial charge in [-0.3, -0.25) is 4.79 Å². The molecule has 1 aliphatic carbocycles. The molecule has 0 bridgehead atoms. The van der Waals surface area contributed by atoms with Crippen LogP contribution in [0, 0.1) is 11.8 Å². The van der Waals surface area contributed by atoms with E-state index in [9.17, 15) is 4.79 Å². The molecule has 0 aromatic rings. The maximum absolute atomic E-state index is 12.3. The number of carbonyl (C=O) groups is 1. The highest BCUT2D eigenvalue weighted by atomic mass is 35.5. The van der Waals surface area contributed by atoms with Crippen LogP contribution in [0.5, 0.6) is 0 Å². The summed E-state index contributed by atoms with van der Waals surface area (Å²) in [5.74, 6) is 1.66. The molecule has 20 heavy (non-hydrogen) atoms. The van der Waals surface area contributed by atoms with Crippen LogP contribution in [0.3, 0.4) is 0 Å². The first kappa shape index (κ1) is 17.8. The molecule has 2 fully saturated rings. The Labute approximate surface area is 130 Å². The third kappa shape index (κ3) is 4.63. The van der Waals surface area contributed by atoms with Gasteiger partial charge in [0.2, 0.25) is 5.91 Å². The van der Waals surface area contributed by atoms with Crippen LogP contribution >= 0.6 is 12.4 Å². The fourth-order valence-electron chi connectivity index (χ4n) is 3.69. The number of halogens is 1. The molecule has 5 atom stereocenters. The van der Waals surface area contributed by atoms with Crippen LogP contribution in [0.25, 0.3) is 0 Å². The quantitative estimate of drug-likeness (QED) is 0.818. The van der Waals surface area contributed by atoms with Crippen LogP contribution in [0.4, 0.5) is 0 Å². The van der Waals surface area contributed by atoms with E-state index in [1.54, 1.807) is 0 Å². The number of rotatable bonds is 5. The molecule has 2 aliphatic rings. The monoisotopic (exact) mass is 302 g/mol. The van der Waals surface area contributed by atoms with Crippen molar-refractivity contribution in [1.82, 2.24) is 10.6 Å². The molecule has 4 heteroatoms. The first-order valence-electron chi connectivity index (χ1n) is 8.16. The molecule has 1 heterocycles. The summed E-state index contributed by atoms with van der Waals surface area (Å²) in [4.78, 5) is 12.3. The molecule has 0 radical (unpaired) electrons. The van der Waals surface area contributed by atoms with E-state index >= 15 is 0 Å². The summed E-state index contributed by atoms with van der Waals surface area (Å²) in [6, 6.07) is 0.966. The number of amides is 1. The van der Waals surface area contributed by atoms with Crippen LogP contribution in [-0.2, 0) is 4.79 Å². The zero-order valence-corrected chi connectivity index (χ0v) is 14.0. The fraction of sp³-hybridized carbons (Fsp3) is 0.938. The van der Waals surface area contributed by atoms with Gasteiger partial charge < -0.3 is 10.6 Å². The number of carbonyl (C=O) groups excluding carboxylic acids is 1. The van der Waals surface area contributed by atoms with E-state index in [1.165, 1.54) is 32.1 Å². The van der Waals surface area contributed by atoms with Gasteiger partial charge in [0.05, 0.1) is 6.04 Å². The summed E-state index contributed by atoms with van der Waals surface area (Å²) in [7, 11) is 0. The van der Waals surface area contributed by atoms with Gasteiger partial charge in [-0.25, -0.2) is 0 Å². The molecule has 1 saturated heterocycles. The molecular formula is C16H31ClN2O. The molecule has 1 saturated carbocycles. The minimum absolute atomic E-state index is 0. The van der Waals surface area contributed by atoms with Crippen molar-refractivity contribution in [1.29, 1.82) is 0 Å². The van der Waals surface area contributed by atoms with Crippen LogP contribution in [-0.4, -0.2) is 24.0 Å². The lowest BCUT2D eigenvalue weighted by atomic mass is 9.85. The Bertz CT molecular complexity index is 297. The third-order valence-corrected chi connectivity index (χ3v) is 5.02. The Hall–Kier alpha value is -0.280. The first-order valence-corrected chi connectivity index (χ1v) is 8.16. The van der Waals surface area contributed by atoms with Gasteiger partial charge in [0, 0.05) is 12.1 Å². The molecule has 0 aromatic heterocycles. The second-order valence-electron chi connectivity index (χ2n) is 6.76. The minimum atomic E-state index is 0. The fourth-order valence-corrected chi connectivity index (χ4v) is 3.69. The van der Waals surface area contributed by atoms with Crippen LogP contribution in [0.2, 0.25) is 0 Å². The highest BCUT2D eigenvalue weighted by Crippen LogP contribution is 2.33. The van der Waals surface area contributed by atoms with Crippen molar-refractivity contribution >= 4 is 18.3 Å². The summed E-state index contributed by atoms with van der Waals surface area (Å²) < 4.78 is 0. The number of fused-ring (bicyclic) bond motifs is 1. The molecular weight excluding hydrogens is 272 g/mol. The van der Waals surface area contributed by atoms with Crippen molar-refractivity contribution in [3.63, 3.8) is 0 Å². The van der Waals surface area contributed by atoms with Crippen molar-refractivity contribution in [3.05, 3.63) is 0 Å². The molecule has 2 N–H and O–H groups in total. The predicted molar refractivity (Wildman–Crippen MR) is 86.2 cm³/mol. The second kappa shape index (κ2) is 8.23. The van der Waals surface area contributed by atoms with E-state index in [-0.39, 0.29) is 24.4 Å². The summed E-state index contributed by atoms with van der Waals surface area (Å²) in [5, 5.41) is 6.75. The molecule has 0 spiro atoms. The molecule has 2 rings (SSSR count). The van der Waals surface area contributed by atoms with Crippen molar-refractivity contribution in [2.75, 3.05) is 0 Å². The van der Waals surface area contributed by atoms with Crippen molar-refractivity contribution in [2.24, 2.45) is 11.8 Å². The van der Waals surface area contributed by atoms with Gasteiger partial charge in [-0.1, -0.05) is 33.1 Å². The van der Waals surface area contributed by atoms with Crippen molar-refractivity contribution in [2.45, 2.75) is 83.8 Å². The molecule has 5 unspecified atom stereocenters. The van der Waals surface area contributed by atoms with Crippen LogP contribution < -0.4 is 10.6 Å². The maximum Gasteiger partial charge on any atom is 0.237 e. The predicted octanol–water partition coefficient (Wildman–Crippen LogP) is 3.27. The summed E-state index contributed by atoms with van der Waals surface area (Å²) >= 11 is 0. The van der Waals surface area contributed by atoms with Gasteiger partial charge in [0.1, 0.15) is 0 Å². The van der Waals surface area contributed by atoms with E-state index in [1.807, 2.05) is 0 Å². The Morgan fingerprint density at radius 2 is 2.00 bits per heavy atom. The normalized spacial score (nSPS) is 31.9. The standard InChI is InChI=1S/C16H30N2O.ClH/c1-4-11(2)9-12(3)17-16(19)15-10-13-7-5-6-8-14(13)18-15;/h11-15,18H,4-10H2,1-3H3,(H,17,19);1H.